The van der Waals surface area contributed by atoms with Crippen LogP contribution in [0.5, 0.6) is 0 Å². The van der Waals surface area contributed by atoms with Crippen molar-refractivity contribution in [2.24, 2.45) is 5.73 Å². The van der Waals surface area contributed by atoms with E-state index in [4.69, 9.17) is 5.73 Å². The van der Waals surface area contributed by atoms with Crippen LogP contribution in [0.1, 0.15) is 13.3 Å². The summed E-state index contributed by atoms with van der Waals surface area (Å²) in [7, 11) is 6.35. The molecule has 0 spiro atoms. The highest BCUT2D eigenvalue weighted by molar-refractivity contribution is 4.64. The van der Waals surface area contributed by atoms with Crippen LogP contribution in [0.4, 0.5) is 0 Å². The average molecular weight is 173 g/mol. The molecule has 0 aliphatic heterocycles. The number of rotatable bonds is 6. The Balaban J connectivity index is 3.49. The third-order valence-electron chi connectivity index (χ3n) is 2.24. The highest BCUT2D eigenvalue weighted by atomic mass is 15.2. The molecule has 0 fully saturated rings. The monoisotopic (exact) mass is 173 g/mol. The lowest BCUT2D eigenvalue weighted by molar-refractivity contribution is 0.222. The van der Waals surface area contributed by atoms with Gasteiger partial charge < -0.3 is 15.5 Å². The maximum Gasteiger partial charge on any atom is 0.0109 e. The van der Waals surface area contributed by atoms with Gasteiger partial charge in [0.25, 0.3) is 0 Å². The summed E-state index contributed by atoms with van der Waals surface area (Å²) in [6, 6.07) is 0.606. The Morgan fingerprint density at radius 2 is 1.75 bits per heavy atom. The van der Waals surface area contributed by atoms with Gasteiger partial charge in [0.05, 0.1) is 0 Å². The summed E-state index contributed by atoms with van der Waals surface area (Å²) in [6.45, 7) is 5.25. The van der Waals surface area contributed by atoms with Crippen LogP contribution in [-0.2, 0) is 0 Å². The molecular formula is C9H23N3. The fraction of sp³-hybridized carbons (Fsp3) is 1.00. The van der Waals surface area contributed by atoms with Gasteiger partial charge >= 0.3 is 0 Å². The van der Waals surface area contributed by atoms with Crippen LogP contribution < -0.4 is 5.73 Å². The number of likely N-dealkylation sites (N-methyl/N-ethyl adjacent to an activating group) is 2. The summed E-state index contributed by atoms with van der Waals surface area (Å²) in [5, 5.41) is 0. The molecule has 0 saturated heterocycles. The zero-order valence-corrected chi connectivity index (χ0v) is 8.88. The molecule has 2 N–H and O–H groups in total. The second-order valence-electron chi connectivity index (χ2n) is 3.71. The van der Waals surface area contributed by atoms with Crippen LogP contribution in [0.3, 0.4) is 0 Å². The lowest BCUT2D eigenvalue weighted by Crippen LogP contribution is -2.36. The van der Waals surface area contributed by atoms with Gasteiger partial charge in [-0.05, 0) is 41.0 Å². The highest BCUT2D eigenvalue weighted by Crippen LogP contribution is 1.98. The zero-order valence-electron chi connectivity index (χ0n) is 8.88. The molecule has 0 rings (SSSR count). The minimum absolute atomic E-state index is 0.606. The molecule has 0 radical (unpaired) electrons. The SMILES string of the molecule is CC(CCN)N(C)CCN(C)C. The van der Waals surface area contributed by atoms with Crippen molar-refractivity contribution < 1.29 is 0 Å². The van der Waals surface area contributed by atoms with E-state index in [1.807, 2.05) is 0 Å². The van der Waals surface area contributed by atoms with E-state index in [-0.39, 0.29) is 0 Å². The van der Waals surface area contributed by atoms with Gasteiger partial charge in [0.2, 0.25) is 0 Å². The second-order valence-corrected chi connectivity index (χ2v) is 3.71. The van der Waals surface area contributed by atoms with Gasteiger partial charge in [0.15, 0.2) is 0 Å². The van der Waals surface area contributed by atoms with Crippen LogP contribution in [0.15, 0.2) is 0 Å². The first-order chi connectivity index (χ1) is 5.57. The van der Waals surface area contributed by atoms with Gasteiger partial charge in [-0.15, -0.1) is 0 Å². The molecule has 3 heteroatoms. The predicted octanol–water partition coefficient (Wildman–Crippen LogP) is 0.217. The molecule has 0 heterocycles. The molecule has 0 aliphatic carbocycles. The summed E-state index contributed by atoms with van der Waals surface area (Å²) in [6.07, 6.45) is 1.09. The van der Waals surface area contributed by atoms with E-state index in [9.17, 15) is 0 Å². The molecule has 1 unspecified atom stereocenters. The largest absolute Gasteiger partial charge is 0.330 e. The molecule has 0 aromatic rings. The maximum absolute atomic E-state index is 5.49. The molecule has 74 valence electrons. The van der Waals surface area contributed by atoms with Crippen LogP contribution in [0.2, 0.25) is 0 Å². The second kappa shape index (κ2) is 6.40. The summed E-state index contributed by atoms with van der Waals surface area (Å²) in [5.41, 5.74) is 5.49. The fourth-order valence-corrected chi connectivity index (χ4v) is 1.04. The van der Waals surface area contributed by atoms with Gasteiger partial charge in [-0.3, -0.25) is 0 Å². The van der Waals surface area contributed by atoms with Crippen molar-refractivity contribution in [1.82, 2.24) is 9.80 Å². The van der Waals surface area contributed by atoms with Gasteiger partial charge in [-0.1, -0.05) is 0 Å². The number of hydrogen-bond acceptors (Lipinski definition) is 3. The normalized spacial score (nSPS) is 14.2. The molecule has 0 saturated carbocycles. The standard InChI is InChI=1S/C9H23N3/c1-9(5-6-10)12(4)8-7-11(2)3/h9H,5-8,10H2,1-4H3. The van der Waals surface area contributed by atoms with E-state index in [0.29, 0.717) is 6.04 Å². The van der Waals surface area contributed by atoms with Crippen molar-refractivity contribution in [1.29, 1.82) is 0 Å². The van der Waals surface area contributed by atoms with Crippen molar-refractivity contribution in [3.05, 3.63) is 0 Å². The molecule has 0 bridgehead atoms. The average Bonchev–Trinajstić information content (AvgIpc) is 2.00. The molecule has 0 aliphatic rings. The van der Waals surface area contributed by atoms with Crippen LogP contribution in [0, 0.1) is 0 Å². The summed E-state index contributed by atoms with van der Waals surface area (Å²) >= 11 is 0. The van der Waals surface area contributed by atoms with Crippen LogP contribution in [0.25, 0.3) is 0 Å². The van der Waals surface area contributed by atoms with Crippen molar-refractivity contribution in [3.63, 3.8) is 0 Å². The number of hydrogen-bond donors (Lipinski definition) is 1. The molecule has 0 aromatic heterocycles. The topological polar surface area (TPSA) is 32.5 Å². The van der Waals surface area contributed by atoms with Gasteiger partial charge in [0.1, 0.15) is 0 Å². The third-order valence-corrected chi connectivity index (χ3v) is 2.24. The Labute approximate surface area is 76.5 Å². The zero-order chi connectivity index (χ0) is 9.56. The molecule has 3 nitrogen and oxygen atoms in total. The maximum atomic E-state index is 5.49. The van der Waals surface area contributed by atoms with Gasteiger partial charge in [0, 0.05) is 19.1 Å². The number of nitrogens with zero attached hydrogens (tertiary/aromatic N) is 2. The van der Waals surface area contributed by atoms with Gasteiger partial charge in [-0.2, -0.15) is 0 Å². The minimum Gasteiger partial charge on any atom is -0.330 e. The van der Waals surface area contributed by atoms with E-state index in [2.05, 4.69) is 37.9 Å². The lowest BCUT2D eigenvalue weighted by atomic mass is 10.2. The highest BCUT2D eigenvalue weighted by Gasteiger charge is 2.07. The van der Waals surface area contributed by atoms with E-state index in [1.54, 1.807) is 0 Å². The first kappa shape index (κ1) is 11.9. The fourth-order valence-electron chi connectivity index (χ4n) is 1.04. The molecule has 0 aromatic carbocycles. The van der Waals surface area contributed by atoms with Crippen molar-refractivity contribution in [2.75, 3.05) is 40.8 Å². The van der Waals surface area contributed by atoms with Crippen molar-refractivity contribution in [2.45, 2.75) is 19.4 Å². The van der Waals surface area contributed by atoms with E-state index in [0.717, 1.165) is 26.1 Å². The molecular weight excluding hydrogens is 150 g/mol. The van der Waals surface area contributed by atoms with Crippen molar-refractivity contribution >= 4 is 0 Å². The Morgan fingerprint density at radius 3 is 2.17 bits per heavy atom. The van der Waals surface area contributed by atoms with E-state index in [1.165, 1.54) is 0 Å². The Kier molecular flexibility index (Phi) is 6.34. The molecule has 1 atom stereocenters. The summed E-state index contributed by atoms with van der Waals surface area (Å²) < 4.78 is 0. The van der Waals surface area contributed by atoms with Gasteiger partial charge in [-0.25, -0.2) is 0 Å². The molecule has 0 amide bonds. The summed E-state index contributed by atoms with van der Waals surface area (Å²) in [5.74, 6) is 0. The van der Waals surface area contributed by atoms with Crippen molar-refractivity contribution in [3.8, 4) is 0 Å². The summed E-state index contributed by atoms with van der Waals surface area (Å²) in [4.78, 5) is 4.55. The van der Waals surface area contributed by atoms with Crippen LogP contribution in [-0.4, -0.2) is 56.6 Å². The first-order valence-electron chi connectivity index (χ1n) is 4.63. The van der Waals surface area contributed by atoms with Crippen LogP contribution >= 0.6 is 0 Å². The third kappa shape index (κ3) is 5.52. The number of nitrogens with two attached hydrogens (primary N) is 1. The first-order valence-corrected chi connectivity index (χ1v) is 4.63. The van der Waals surface area contributed by atoms with E-state index >= 15 is 0 Å². The Hall–Kier alpha value is -0.120. The predicted molar refractivity (Wildman–Crippen MR) is 54.3 cm³/mol. The molecule has 12 heavy (non-hydrogen) atoms. The van der Waals surface area contributed by atoms with E-state index < -0.39 is 0 Å². The Morgan fingerprint density at radius 1 is 1.17 bits per heavy atom. The minimum atomic E-state index is 0.606. The lowest BCUT2D eigenvalue weighted by Gasteiger charge is -2.25. The smallest absolute Gasteiger partial charge is 0.0109 e. The Bertz CT molecular complexity index is 104. The quantitative estimate of drug-likeness (QED) is 0.623.